The Balaban J connectivity index is 0.00000242. The average Bonchev–Trinajstić information content (AvgIpc) is 2.90. The molecule has 10 heteroatoms. The van der Waals surface area contributed by atoms with E-state index >= 15 is 0 Å². The Hall–Kier alpha value is -1.16. The van der Waals surface area contributed by atoms with Crippen molar-refractivity contribution in [1.29, 1.82) is 0 Å². The maximum atomic E-state index is 12.2. The maximum Gasteiger partial charge on any atom is 0.224 e. The van der Waals surface area contributed by atoms with Gasteiger partial charge in [-0.25, -0.2) is 8.42 Å². The minimum atomic E-state index is -3.43. The number of hydrogen-bond donors (Lipinski definition) is 1. The first kappa shape index (κ1) is 18.9. The number of carbonyl (C=O) groups excluding carboxylic acids is 1. The molecule has 2 heterocycles. The first-order chi connectivity index (χ1) is 9.88. The standard InChI is InChI=1S/C12H20N4O4S.ClH/c1-10(13)8-12(17)15-3-5-16(6-4-15)21(18,19)9-11-2-7-20-14-11;/h2,7,10H,3-6,8-9,13H2,1H3;1H. The molecule has 1 saturated heterocycles. The van der Waals surface area contributed by atoms with Crippen molar-refractivity contribution in [1.82, 2.24) is 14.4 Å². The van der Waals surface area contributed by atoms with Gasteiger partial charge in [0.25, 0.3) is 0 Å². The number of carbonyl (C=O) groups is 1. The monoisotopic (exact) mass is 352 g/mol. The van der Waals surface area contributed by atoms with Gasteiger partial charge in [-0.15, -0.1) is 12.4 Å². The molecule has 2 N–H and O–H groups in total. The SMILES string of the molecule is CC(N)CC(=O)N1CCN(S(=O)(=O)Cc2ccon2)CC1.Cl. The predicted octanol–water partition coefficient (Wildman–Crippen LogP) is -0.192. The molecular weight excluding hydrogens is 332 g/mol. The summed E-state index contributed by atoms with van der Waals surface area (Å²) in [7, 11) is -3.43. The highest BCUT2D eigenvalue weighted by Crippen LogP contribution is 2.13. The molecule has 2 rings (SSSR count). The van der Waals surface area contributed by atoms with E-state index in [1.54, 1.807) is 11.8 Å². The van der Waals surface area contributed by atoms with Gasteiger partial charge in [-0.2, -0.15) is 4.31 Å². The molecule has 8 nitrogen and oxygen atoms in total. The second-order valence-corrected chi connectivity index (χ2v) is 7.18. The molecule has 0 bridgehead atoms. The van der Waals surface area contributed by atoms with Crippen LogP contribution < -0.4 is 5.73 Å². The predicted molar refractivity (Wildman–Crippen MR) is 82.8 cm³/mol. The molecule has 0 radical (unpaired) electrons. The van der Waals surface area contributed by atoms with Crippen molar-refractivity contribution in [2.45, 2.75) is 25.1 Å². The number of nitrogens with two attached hydrogens (primary N) is 1. The third-order valence-corrected chi connectivity index (χ3v) is 5.12. The zero-order valence-corrected chi connectivity index (χ0v) is 14.0. The minimum absolute atomic E-state index is 0. The van der Waals surface area contributed by atoms with E-state index in [-0.39, 0.29) is 36.5 Å². The van der Waals surface area contributed by atoms with Crippen LogP contribution in [0.1, 0.15) is 19.0 Å². The summed E-state index contributed by atoms with van der Waals surface area (Å²) in [5.41, 5.74) is 5.98. The van der Waals surface area contributed by atoms with Crippen LogP contribution in [-0.2, 0) is 20.6 Å². The number of halogens is 1. The van der Waals surface area contributed by atoms with E-state index in [0.717, 1.165) is 0 Å². The van der Waals surface area contributed by atoms with Crippen molar-refractivity contribution in [3.05, 3.63) is 18.0 Å². The first-order valence-electron chi connectivity index (χ1n) is 6.79. The van der Waals surface area contributed by atoms with E-state index in [1.165, 1.54) is 16.6 Å². The Morgan fingerprint density at radius 1 is 1.41 bits per heavy atom. The summed E-state index contributed by atoms with van der Waals surface area (Å²) in [6.45, 7) is 3.15. The van der Waals surface area contributed by atoms with Gasteiger partial charge in [0, 0.05) is 44.7 Å². The van der Waals surface area contributed by atoms with Crippen LogP contribution in [0.5, 0.6) is 0 Å². The molecule has 1 aliphatic rings. The van der Waals surface area contributed by atoms with Crippen molar-refractivity contribution >= 4 is 28.3 Å². The van der Waals surface area contributed by atoms with E-state index in [4.69, 9.17) is 5.73 Å². The molecule has 1 unspecified atom stereocenters. The van der Waals surface area contributed by atoms with Gasteiger partial charge in [-0.1, -0.05) is 5.16 Å². The van der Waals surface area contributed by atoms with Crippen LogP contribution in [0.15, 0.2) is 16.9 Å². The molecule has 1 atom stereocenters. The van der Waals surface area contributed by atoms with E-state index in [1.807, 2.05) is 0 Å². The summed E-state index contributed by atoms with van der Waals surface area (Å²) < 4.78 is 30.5. The third kappa shape index (κ3) is 4.94. The van der Waals surface area contributed by atoms with Gasteiger partial charge < -0.3 is 15.2 Å². The Labute approximate surface area is 136 Å². The molecular formula is C12H21ClN4O4S. The van der Waals surface area contributed by atoms with Crippen LogP contribution >= 0.6 is 12.4 Å². The lowest BCUT2D eigenvalue weighted by Crippen LogP contribution is -2.51. The lowest BCUT2D eigenvalue weighted by atomic mass is 10.2. The Morgan fingerprint density at radius 3 is 2.55 bits per heavy atom. The van der Waals surface area contributed by atoms with Crippen molar-refractivity contribution in [2.24, 2.45) is 5.73 Å². The fourth-order valence-corrected chi connectivity index (χ4v) is 3.64. The zero-order chi connectivity index (χ0) is 15.5. The molecule has 0 aromatic carbocycles. The van der Waals surface area contributed by atoms with Crippen LogP contribution in [0.25, 0.3) is 0 Å². The number of aromatic nitrogens is 1. The van der Waals surface area contributed by atoms with Crippen LogP contribution in [-0.4, -0.2) is 60.9 Å². The fourth-order valence-electron chi connectivity index (χ4n) is 2.21. The summed E-state index contributed by atoms with van der Waals surface area (Å²) in [6, 6.07) is 1.34. The first-order valence-corrected chi connectivity index (χ1v) is 8.40. The van der Waals surface area contributed by atoms with Gasteiger partial charge in [-0.3, -0.25) is 4.79 Å². The van der Waals surface area contributed by atoms with Gasteiger partial charge >= 0.3 is 0 Å². The van der Waals surface area contributed by atoms with Gasteiger partial charge in [0.05, 0.1) is 5.69 Å². The average molecular weight is 353 g/mol. The lowest BCUT2D eigenvalue weighted by molar-refractivity contribution is -0.132. The van der Waals surface area contributed by atoms with Gasteiger partial charge in [-0.05, 0) is 6.92 Å². The van der Waals surface area contributed by atoms with Crippen LogP contribution in [0.2, 0.25) is 0 Å². The highest BCUT2D eigenvalue weighted by Gasteiger charge is 2.29. The minimum Gasteiger partial charge on any atom is -0.364 e. The Kier molecular flexibility index (Phi) is 6.79. The van der Waals surface area contributed by atoms with Crippen LogP contribution in [0.4, 0.5) is 0 Å². The van der Waals surface area contributed by atoms with E-state index in [2.05, 4.69) is 9.68 Å². The molecule has 22 heavy (non-hydrogen) atoms. The third-order valence-electron chi connectivity index (χ3n) is 3.30. The smallest absolute Gasteiger partial charge is 0.224 e. The van der Waals surface area contributed by atoms with E-state index < -0.39 is 10.0 Å². The summed E-state index contributed by atoms with van der Waals surface area (Å²) in [6.07, 6.45) is 1.63. The van der Waals surface area contributed by atoms with E-state index in [0.29, 0.717) is 31.9 Å². The summed E-state index contributed by atoms with van der Waals surface area (Å²) >= 11 is 0. The summed E-state index contributed by atoms with van der Waals surface area (Å²) in [5.74, 6) is -0.212. The molecule has 1 fully saturated rings. The molecule has 1 aliphatic heterocycles. The lowest BCUT2D eigenvalue weighted by Gasteiger charge is -2.34. The van der Waals surface area contributed by atoms with E-state index in [9.17, 15) is 13.2 Å². The Morgan fingerprint density at radius 2 is 2.05 bits per heavy atom. The highest BCUT2D eigenvalue weighted by atomic mass is 35.5. The van der Waals surface area contributed by atoms with Crippen molar-refractivity contribution in [3.63, 3.8) is 0 Å². The van der Waals surface area contributed by atoms with Crippen molar-refractivity contribution in [3.8, 4) is 0 Å². The number of rotatable bonds is 5. The molecule has 0 saturated carbocycles. The van der Waals surface area contributed by atoms with Crippen molar-refractivity contribution < 1.29 is 17.7 Å². The number of amides is 1. The largest absolute Gasteiger partial charge is 0.364 e. The van der Waals surface area contributed by atoms with Gasteiger partial charge in [0.2, 0.25) is 15.9 Å². The molecule has 0 aliphatic carbocycles. The Bertz CT molecular complexity index is 568. The molecule has 1 aromatic heterocycles. The number of sulfonamides is 1. The normalized spacial score (nSPS) is 17.8. The topological polar surface area (TPSA) is 110 Å². The second kappa shape index (κ2) is 7.91. The van der Waals surface area contributed by atoms with Gasteiger partial charge in [0.15, 0.2) is 0 Å². The molecule has 126 valence electrons. The molecule has 0 spiro atoms. The molecule has 1 aromatic rings. The molecule has 1 amide bonds. The fraction of sp³-hybridized carbons (Fsp3) is 0.667. The van der Waals surface area contributed by atoms with Crippen LogP contribution in [0.3, 0.4) is 0 Å². The summed E-state index contributed by atoms with van der Waals surface area (Å²) in [5, 5.41) is 3.61. The summed E-state index contributed by atoms with van der Waals surface area (Å²) in [4.78, 5) is 13.5. The van der Waals surface area contributed by atoms with Crippen LogP contribution in [0, 0.1) is 0 Å². The highest BCUT2D eigenvalue weighted by molar-refractivity contribution is 7.88. The quantitative estimate of drug-likeness (QED) is 0.786. The number of hydrogen-bond acceptors (Lipinski definition) is 6. The second-order valence-electron chi connectivity index (χ2n) is 5.21. The maximum absolute atomic E-state index is 12.2. The number of piperazine rings is 1. The number of nitrogens with zero attached hydrogens (tertiary/aromatic N) is 3. The zero-order valence-electron chi connectivity index (χ0n) is 12.3. The van der Waals surface area contributed by atoms with Crippen molar-refractivity contribution in [2.75, 3.05) is 26.2 Å². The van der Waals surface area contributed by atoms with Gasteiger partial charge in [0.1, 0.15) is 12.0 Å².